The Morgan fingerprint density at radius 2 is 1.92 bits per heavy atom. The van der Waals surface area contributed by atoms with E-state index < -0.39 is 0 Å². The van der Waals surface area contributed by atoms with Gasteiger partial charge in [0.05, 0.1) is 11.2 Å². The van der Waals surface area contributed by atoms with Crippen molar-refractivity contribution in [1.82, 2.24) is 15.2 Å². The summed E-state index contributed by atoms with van der Waals surface area (Å²) in [4.78, 5) is 17.6. The van der Waals surface area contributed by atoms with Crippen molar-refractivity contribution < 1.29 is 4.79 Å². The largest absolute Gasteiger partial charge is 0.353 e. The fourth-order valence-electron chi connectivity index (χ4n) is 3.66. The number of piperidine rings is 1. The number of aromatic nitrogens is 3. The average Bonchev–Trinajstić information content (AvgIpc) is 3.25. The minimum atomic E-state index is 0.209. The van der Waals surface area contributed by atoms with Crippen LogP contribution in [0.25, 0.3) is 33.2 Å². The molecule has 4 aromatic rings. The fourth-order valence-corrected chi connectivity index (χ4v) is 3.66. The first-order chi connectivity index (χ1) is 12.3. The quantitative estimate of drug-likeness (QED) is 0.578. The third-order valence-electron chi connectivity index (χ3n) is 4.97. The van der Waals surface area contributed by atoms with Gasteiger partial charge in [0.15, 0.2) is 0 Å². The van der Waals surface area contributed by atoms with E-state index in [1.165, 1.54) is 0 Å². The lowest BCUT2D eigenvalue weighted by Gasteiger charge is -2.26. The van der Waals surface area contributed by atoms with E-state index in [4.69, 9.17) is 0 Å². The van der Waals surface area contributed by atoms with Crippen molar-refractivity contribution in [2.45, 2.75) is 19.3 Å². The van der Waals surface area contributed by atoms with E-state index in [1.807, 2.05) is 29.2 Å². The third kappa shape index (κ3) is 2.31. The number of aromatic amines is 2. The first-order valence-corrected chi connectivity index (χ1v) is 8.66. The molecule has 5 nitrogen and oxygen atoms in total. The van der Waals surface area contributed by atoms with Gasteiger partial charge in [-0.15, -0.1) is 0 Å². The predicted octanol–water partition coefficient (Wildman–Crippen LogP) is 4.23. The van der Waals surface area contributed by atoms with Crippen molar-refractivity contribution in [3.8, 4) is 11.4 Å². The topological polar surface area (TPSA) is 64.8 Å². The van der Waals surface area contributed by atoms with Gasteiger partial charge in [0.1, 0.15) is 5.69 Å². The maximum atomic E-state index is 12.2. The SMILES string of the molecule is O=C1CCCCN1c1ccc2[nH]nc(-c3cc4ccccc4[nH]3)c2c1. The van der Waals surface area contributed by atoms with Crippen molar-refractivity contribution in [2.75, 3.05) is 11.4 Å². The molecule has 5 rings (SSSR count). The van der Waals surface area contributed by atoms with Crippen LogP contribution in [-0.4, -0.2) is 27.6 Å². The Morgan fingerprint density at radius 1 is 1.00 bits per heavy atom. The molecule has 2 aromatic carbocycles. The number of rotatable bonds is 2. The molecule has 0 atom stereocenters. The van der Waals surface area contributed by atoms with E-state index >= 15 is 0 Å². The van der Waals surface area contributed by atoms with Crippen LogP contribution in [-0.2, 0) is 4.79 Å². The first-order valence-electron chi connectivity index (χ1n) is 8.66. The Hall–Kier alpha value is -3.08. The number of fused-ring (bicyclic) bond motifs is 2. The summed E-state index contributed by atoms with van der Waals surface area (Å²) in [5, 5.41) is 9.80. The molecular weight excluding hydrogens is 312 g/mol. The first kappa shape index (κ1) is 14.3. The summed E-state index contributed by atoms with van der Waals surface area (Å²) in [5.74, 6) is 0.209. The Labute approximate surface area is 144 Å². The summed E-state index contributed by atoms with van der Waals surface area (Å²) < 4.78 is 0. The standard InChI is InChI=1S/C20H18N4O/c25-19-7-3-4-10-24(19)14-8-9-17-15(12-14)20(23-22-17)18-11-13-5-1-2-6-16(13)21-18/h1-2,5-6,8-9,11-12,21H,3-4,7,10H2,(H,22,23). The van der Waals surface area contributed by atoms with Gasteiger partial charge in [-0.05, 0) is 43.2 Å². The normalized spacial score (nSPS) is 15.4. The second-order valence-corrected chi connectivity index (χ2v) is 6.57. The highest BCUT2D eigenvalue weighted by Crippen LogP contribution is 2.32. The molecule has 1 aliphatic heterocycles. The predicted molar refractivity (Wildman–Crippen MR) is 99.6 cm³/mol. The van der Waals surface area contributed by atoms with Gasteiger partial charge < -0.3 is 9.88 Å². The van der Waals surface area contributed by atoms with Crippen molar-refractivity contribution in [3.05, 3.63) is 48.5 Å². The lowest BCUT2D eigenvalue weighted by Crippen LogP contribution is -2.35. The summed E-state index contributed by atoms with van der Waals surface area (Å²) in [5.41, 5.74) is 4.89. The molecule has 0 spiro atoms. The summed E-state index contributed by atoms with van der Waals surface area (Å²) in [6.45, 7) is 0.796. The van der Waals surface area contributed by atoms with Gasteiger partial charge in [-0.3, -0.25) is 9.89 Å². The van der Waals surface area contributed by atoms with Gasteiger partial charge >= 0.3 is 0 Å². The van der Waals surface area contributed by atoms with Crippen LogP contribution < -0.4 is 4.90 Å². The molecule has 0 saturated carbocycles. The molecule has 0 aliphatic carbocycles. The van der Waals surface area contributed by atoms with Crippen LogP contribution in [0, 0.1) is 0 Å². The van der Waals surface area contributed by atoms with E-state index in [-0.39, 0.29) is 5.91 Å². The van der Waals surface area contributed by atoms with E-state index in [1.54, 1.807) is 0 Å². The van der Waals surface area contributed by atoms with Crippen LogP contribution in [0.15, 0.2) is 48.5 Å². The molecule has 2 N–H and O–H groups in total. The number of hydrogen-bond donors (Lipinski definition) is 2. The maximum absolute atomic E-state index is 12.2. The molecule has 2 aromatic heterocycles. The average molecular weight is 330 g/mol. The minimum absolute atomic E-state index is 0.209. The highest BCUT2D eigenvalue weighted by molar-refractivity contribution is 6.00. The van der Waals surface area contributed by atoms with Crippen molar-refractivity contribution in [2.24, 2.45) is 0 Å². The van der Waals surface area contributed by atoms with E-state index in [9.17, 15) is 4.79 Å². The second kappa shape index (κ2) is 5.48. The third-order valence-corrected chi connectivity index (χ3v) is 4.97. The van der Waals surface area contributed by atoms with Crippen LogP contribution in [0.3, 0.4) is 0 Å². The summed E-state index contributed by atoms with van der Waals surface area (Å²) in [6, 6.07) is 16.4. The molecule has 1 fully saturated rings. The van der Waals surface area contributed by atoms with Crippen molar-refractivity contribution >= 4 is 33.4 Å². The van der Waals surface area contributed by atoms with Crippen LogP contribution in [0.1, 0.15) is 19.3 Å². The van der Waals surface area contributed by atoms with Gasteiger partial charge in [-0.2, -0.15) is 5.10 Å². The van der Waals surface area contributed by atoms with Crippen molar-refractivity contribution in [1.29, 1.82) is 0 Å². The fraction of sp³-hybridized carbons (Fsp3) is 0.200. The number of anilines is 1. The number of nitrogens with zero attached hydrogens (tertiary/aromatic N) is 2. The number of nitrogens with one attached hydrogen (secondary N) is 2. The number of hydrogen-bond acceptors (Lipinski definition) is 2. The molecule has 1 aliphatic rings. The van der Waals surface area contributed by atoms with E-state index in [0.29, 0.717) is 6.42 Å². The number of H-pyrrole nitrogens is 2. The minimum Gasteiger partial charge on any atom is -0.353 e. The van der Waals surface area contributed by atoms with Crippen LogP contribution >= 0.6 is 0 Å². The van der Waals surface area contributed by atoms with Gasteiger partial charge in [-0.25, -0.2) is 0 Å². The van der Waals surface area contributed by atoms with Crippen LogP contribution in [0.4, 0.5) is 5.69 Å². The molecule has 0 radical (unpaired) electrons. The summed E-state index contributed by atoms with van der Waals surface area (Å²) in [6.07, 6.45) is 2.69. The molecule has 1 amide bonds. The van der Waals surface area contributed by atoms with Crippen LogP contribution in [0.2, 0.25) is 0 Å². The smallest absolute Gasteiger partial charge is 0.226 e. The number of para-hydroxylation sites is 1. The molecular formula is C20H18N4O. The molecule has 5 heteroatoms. The molecule has 0 bridgehead atoms. The lowest BCUT2D eigenvalue weighted by molar-refractivity contribution is -0.119. The zero-order valence-electron chi connectivity index (χ0n) is 13.7. The zero-order chi connectivity index (χ0) is 16.8. The van der Waals surface area contributed by atoms with Crippen LogP contribution in [0.5, 0.6) is 0 Å². The van der Waals surface area contributed by atoms with E-state index in [2.05, 4.69) is 39.4 Å². The Bertz CT molecular complexity index is 1060. The Kier molecular flexibility index (Phi) is 3.13. The molecule has 0 unspecified atom stereocenters. The zero-order valence-corrected chi connectivity index (χ0v) is 13.7. The van der Waals surface area contributed by atoms with Crippen molar-refractivity contribution in [3.63, 3.8) is 0 Å². The highest BCUT2D eigenvalue weighted by atomic mass is 16.2. The molecule has 1 saturated heterocycles. The van der Waals surface area contributed by atoms with Gasteiger partial charge in [0, 0.05) is 34.9 Å². The summed E-state index contributed by atoms with van der Waals surface area (Å²) in [7, 11) is 0. The number of carbonyl (C=O) groups is 1. The second-order valence-electron chi connectivity index (χ2n) is 6.57. The Morgan fingerprint density at radius 3 is 2.80 bits per heavy atom. The Balaban J connectivity index is 1.63. The highest BCUT2D eigenvalue weighted by Gasteiger charge is 2.21. The van der Waals surface area contributed by atoms with E-state index in [0.717, 1.165) is 58.3 Å². The monoisotopic (exact) mass is 330 g/mol. The number of benzene rings is 2. The van der Waals surface area contributed by atoms with Gasteiger partial charge in [-0.1, -0.05) is 18.2 Å². The summed E-state index contributed by atoms with van der Waals surface area (Å²) >= 11 is 0. The van der Waals surface area contributed by atoms with Gasteiger partial charge in [0.2, 0.25) is 5.91 Å². The lowest BCUT2D eigenvalue weighted by atomic mass is 10.1. The number of amides is 1. The molecule has 25 heavy (non-hydrogen) atoms. The maximum Gasteiger partial charge on any atom is 0.226 e. The van der Waals surface area contributed by atoms with Gasteiger partial charge in [0.25, 0.3) is 0 Å². The molecule has 3 heterocycles. The molecule has 124 valence electrons. The number of carbonyl (C=O) groups excluding carboxylic acids is 1.